The number of rotatable bonds is 7. The molecule has 0 aromatic heterocycles. The number of esters is 1. The smallest absolute Gasteiger partial charge is 0.408 e. The highest BCUT2D eigenvalue weighted by molar-refractivity contribution is 5.81. The Morgan fingerprint density at radius 3 is 2.20 bits per heavy atom. The van der Waals surface area contributed by atoms with Gasteiger partial charge in [0, 0.05) is 6.42 Å². The summed E-state index contributed by atoms with van der Waals surface area (Å²) in [7, 11) is 1.29. The molecule has 0 aliphatic heterocycles. The predicted octanol–water partition coefficient (Wildman–Crippen LogP) is 3.33. The van der Waals surface area contributed by atoms with Crippen LogP contribution in [0.5, 0.6) is 5.75 Å². The molecule has 0 aliphatic carbocycles. The molecule has 0 saturated carbocycles. The van der Waals surface area contributed by atoms with Gasteiger partial charge in [-0.3, -0.25) is 0 Å². The summed E-state index contributed by atoms with van der Waals surface area (Å²) in [6.45, 7) is 10.1. The summed E-state index contributed by atoms with van der Waals surface area (Å²) in [5, 5.41) is 2.56. The van der Waals surface area contributed by atoms with Gasteiger partial charge in [-0.2, -0.15) is 0 Å². The lowest BCUT2D eigenvalue weighted by atomic mass is 10.1. The molecule has 0 spiro atoms. The van der Waals surface area contributed by atoms with Crippen molar-refractivity contribution < 1.29 is 23.8 Å². The summed E-state index contributed by atoms with van der Waals surface area (Å²) in [6, 6.07) is 6.60. The van der Waals surface area contributed by atoms with Crippen LogP contribution >= 0.6 is 0 Å². The molecule has 0 unspecified atom stereocenters. The van der Waals surface area contributed by atoms with Gasteiger partial charge in [-0.15, -0.1) is 0 Å². The van der Waals surface area contributed by atoms with Gasteiger partial charge in [0.15, 0.2) is 0 Å². The van der Waals surface area contributed by atoms with E-state index in [-0.39, 0.29) is 0 Å². The Kier molecular flexibility index (Phi) is 7.74. The normalized spacial score (nSPS) is 12.4. The van der Waals surface area contributed by atoms with E-state index in [1.165, 1.54) is 7.11 Å². The highest BCUT2D eigenvalue weighted by atomic mass is 16.6. The molecule has 0 bridgehead atoms. The molecule has 25 heavy (non-hydrogen) atoms. The maximum Gasteiger partial charge on any atom is 0.408 e. The maximum atomic E-state index is 11.9. The van der Waals surface area contributed by atoms with Crippen LogP contribution in [0.4, 0.5) is 4.79 Å². The van der Waals surface area contributed by atoms with Gasteiger partial charge < -0.3 is 19.5 Å². The molecule has 140 valence electrons. The molecule has 1 aromatic carbocycles. The zero-order valence-corrected chi connectivity index (χ0v) is 15.9. The fourth-order valence-electron chi connectivity index (χ4n) is 2.01. The average molecular weight is 351 g/mol. The quantitative estimate of drug-likeness (QED) is 0.763. The predicted molar refractivity (Wildman–Crippen MR) is 95.7 cm³/mol. The average Bonchev–Trinajstić information content (AvgIpc) is 2.51. The summed E-state index contributed by atoms with van der Waals surface area (Å²) in [6.07, 6.45) is -0.351. The summed E-state index contributed by atoms with van der Waals surface area (Å²) < 4.78 is 15.6. The van der Waals surface area contributed by atoms with E-state index in [4.69, 9.17) is 14.2 Å². The minimum atomic E-state index is -0.817. The Morgan fingerprint density at radius 2 is 1.72 bits per heavy atom. The first-order valence-electron chi connectivity index (χ1n) is 8.40. The van der Waals surface area contributed by atoms with Crippen LogP contribution in [0.2, 0.25) is 0 Å². The van der Waals surface area contributed by atoms with Gasteiger partial charge in [0.1, 0.15) is 17.4 Å². The monoisotopic (exact) mass is 351 g/mol. The van der Waals surface area contributed by atoms with Crippen LogP contribution in [0.1, 0.15) is 40.2 Å². The van der Waals surface area contributed by atoms with E-state index in [2.05, 4.69) is 19.2 Å². The summed E-state index contributed by atoms with van der Waals surface area (Å²) >= 11 is 0. The molecule has 0 fully saturated rings. The van der Waals surface area contributed by atoms with Crippen LogP contribution in [-0.2, 0) is 20.7 Å². The largest absolute Gasteiger partial charge is 0.493 e. The number of nitrogens with one attached hydrogen (secondary N) is 1. The van der Waals surface area contributed by atoms with E-state index in [1.807, 2.05) is 24.3 Å². The highest BCUT2D eigenvalue weighted by Gasteiger charge is 2.25. The van der Waals surface area contributed by atoms with Gasteiger partial charge in [-0.05, 0) is 44.4 Å². The third-order valence-corrected chi connectivity index (χ3v) is 3.12. The second-order valence-electron chi connectivity index (χ2n) is 7.27. The maximum absolute atomic E-state index is 11.9. The summed E-state index contributed by atoms with van der Waals surface area (Å²) in [5.74, 6) is 0.694. The molecular formula is C19H29NO5. The standard InChI is InChI=1S/C19H29NO5/c1-13(2)12-24-15-9-7-14(8-10-15)11-16(17(21)23-6)20-18(22)25-19(3,4)5/h7-10,13,16H,11-12H2,1-6H3,(H,20,22)/t16-/m0/s1. The fraction of sp³-hybridized carbons (Fsp3) is 0.579. The number of amides is 1. The Hall–Kier alpha value is -2.24. The zero-order chi connectivity index (χ0) is 19.0. The van der Waals surface area contributed by atoms with E-state index < -0.39 is 23.7 Å². The Morgan fingerprint density at radius 1 is 1.12 bits per heavy atom. The Balaban J connectivity index is 2.71. The van der Waals surface area contributed by atoms with Gasteiger partial charge >= 0.3 is 12.1 Å². The second kappa shape index (κ2) is 9.30. The van der Waals surface area contributed by atoms with Crippen molar-refractivity contribution in [3.8, 4) is 5.75 Å². The number of alkyl carbamates (subject to hydrolysis) is 1. The van der Waals surface area contributed by atoms with Crippen LogP contribution < -0.4 is 10.1 Å². The van der Waals surface area contributed by atoms with E-state index in [1.54, 1.807) is 20.8 Å². The molecule has 1 rings (SSSR count). The van der Waals surface area contributed by atoms with Gasteiger partial charge in [0.05, 0.1) is 13.7 Å². The van der Waals surface area contributed by atoms with Crippen LogP contribution in [-0.4, -0.2) is 37.4 Å². The van der Waals surface area contributed by atoms with Crippen molar-refractivity contribution in [1.29, 1.82) is 0 Å². The number of methoxy groups -OCH3 is 1. The summed E-state index contributed by atoms with van der Waals surface area (Å²) in [5.41, 5.74) is 0.239. The molecule has 6 heteroatoms. The van der Waals surface area contributed by atoms with Crippen LogP contribution in [0.25, 0.3) is 0 Å². The molecule has 1 atom stereocenters. The molecule has 1 N–H and O–H groups in total. The van der Waals surface area contributed by atoms with Crippen molar-refractivity contribution in [1.82, 2.24) is 5.32 Å². The third kappa shape index (κ3) is 8.42. The van der Waals surface area contributed by atoms with Crippen LogP contribution in [0.3, 0.4) is 0 Å². The molecule has 0 radical (unpaired) electrons. The first-order chi connectivity index (χ1) is 11.6. The lowest BCUT2D eigenvalue weighted by Gasteiger charge is -2.22. The van der Waals surface area contributed by atoms with Crippen molar-refractivity contribution in [3.05, 3.63) is 29.8 Å². The van der Waals surface area contributed by atoms with E-state index in [0.29, 0.717) is 18.9 Å². The van der Waals surface area contributed by atoms with Crippen molar-refractivity contribution in [2.24, 2.45) is 5.92 Å². The number of carbonyl (C=O) groups is 2. The molecule has 0 aliphatic rings. The Bertz CT molecular complexity index is 560. The van der Waals surface area contributed by atoms with E-state index >= 15 is 0 Å². The number of ether oxygens (including phenoxy) is 3. The first kappa shape index (κ1) is 20.8. The molecular weight excluding hydrogens is 322 g/mol. The van der Waals surface area contributed by atoms with Crippen LogP contribution in [0.15, 0.2) is 24.3 Å². The van der Waals surface area contributed by atoms with Crippen LogP contribution in [0, 0.1) is 5.92 Å². The SMILES string of the molecule is COC(=O)[C@H](Cc1ccc(OCC(C)C)cc1)NC(=O)OC(C)(C)C. The minimum absolute atomic E-state index is 0.302. The van der Waals surface area contributed by atoms with Crippen molar-refractivity contribution in [3.63, 3.8) is 0 Å². The lowest BCUT2D eigenvalue weighted by molar-refractivity contribution is -0.143. The highest BCUT2D eigenvalue weighted by Crippen LogP contribution is 2.15. The van der Waals surface area contributed by atoms with Crippen molar-refractivity contribution >= 4 is 12.1 Å². The van der Waals surface area contributed by atoms with E-state index in [0.717, 1.165) is 11.3 Å². The number of hydrogen-bond donors (Lipinski definition) is 1. The van der Waals surface area contributed by atoms with Gasteiger partial charge in [-0.1, -0.05) is 26.0 Å². The zero-order valence-electron chi connectivity index (χ0n) is 15.9. The summed E-state index contributed by atoms with van der Waals surface area (Å²) in [4.78, 5) is 23.9. The number of hydrogen-bond acceptors (Lipinski definition) is 5. The number of benzene rings is 1. The topological polar surface area (TPSA) is 73.9 Å². The molecule has 0 saturated heterocycles. The van der Waals surface area contributed by atoms with Crippen molar-refractivity contribution in [2.45, 2.75) is 52.7 Å². The van der Waals surface area contributed by atoms with Gasteiger partial charge in [0.25, 0.3) is 0 Å². The molecule has 6 nitrogen and oxygen atoms in total. The van der Waals surface area contributed by atoms with Crippen molar-refractivity contribution in [2.75, 3.05) is 13.7 Å². The molecule has 0 heterocycles. The second-order valence-corrected chi connectivity index (χ2v) is 7.27. The molecule has 1 amide bonds. The third-order valence-electron chi connectivity index (χ3n) is 3.12. The minimum Gasteiger partial charge on any atom is -0.493 e. The number of carbonyl (C=O) groups excluding carboxylic acids is 2. The molecule has 1 aromatic rings. The Labute approximate surface area is 149 Å². The first-order valence-corrected chi connectivity index (χ1v) is 8.40. The van der Waals surface area contributed by atoms with Gasteiger partial charge in [-0.25, -0.2) is 9.59 Å². The van der Waals surface area contributed by atoms with Gasteiger partial charge in [0.2, 0.25) is 0 Å². The van der Waals surface area contributed by atoms with E-state index in [9.17, 15) is 9.59 Å². The lowest BCUT2D eigenvalue weighted by Crippen LogP contribution is -2.45. The fourth-order valence-corrected chi connectivity index (χ4v) is 2.01.